The molecular formula is C22H19F2NO3S. The molecule has 150 valence electrons. The van der Waals surface area contributed by atoms with E-state index < -0.39 is 6.61 Å². The maximum absolute atomic E-state index is 13.4. The largest absolute Gasteiger partial charge is 0.493 e. The fourth-order valence-corrected chi connectivity index (χ4v) is 4.59. The zero-order chi connectivity index (χ0) is 20.4. The molecule has 2 aromatic carbocycles. The molecule has 1 unspecified atom stereocenters. The first-order chi connectivity index (χ1) is 14.1. The SMILES string of the molecule is COc1cc(C(=O)N2CCc3sccc3C2c2ccccc2)ccc1OC(F)F. The van der Waals surface area contributed by atoms with E-state index in [4.69, 9.17) is 4.74 Å². The standard InChI is InChI=1S/C22H19F2NO3S/c1-27-18-13-15(7-8-17(18)28-22(23)24)21(26)25-11-9-19-16(10-12-29-19)20(25)14-5-3-2-4-6-14/h2-8,10,12-13,20,22H,9,11H2,1H3. The van der Waals surface area contributed by atoms with Crippen molar-refractivity contribution in [3.8, 4) is 11.5 Å². The van der Waals surface area contributed by atoms with Crippen LogP contribution >= 0.6 is 11.3 Å². The smallest absolute Gasteiger partial charge is 0.387 e. The fourth-order valence-electron chi connectivity index (χ4n) is 3.69. The first-order valence-electron chi connectivity index (χ1n) is 9.13. The van der Waals surface area contributed by atoms with E-state index in [0.717, 1.165) is 17.5 Å². The number of carbonyl (C=O) groups excluding carboxylic acids is 1. The van der Waals surface area contributed by atoms with Gasteiger partial charge in [-0.25, -0.2) is 0 Å². The zero-order valence-corrected chi connectivity index (χ0v) is 16.5. The second-order valence-corrected chi connectivity index (χ2v) is 7.61. The van der Waals surface area contributed by atoms with E-state index >= 15 is 0 Å². The minimum Gasteiger partial charge on any atom is -0.493 e. The van der Waals surface area contributed by atoms with Gasteiger partial charge < -0.3 is 14.4 Å². The fraction of sp³-hybridized carbons (Fsp3) is 0.227. The lowest BCUT2D eigenvalue weighted by Crippen LogP contribution is -2.40. The number of nitrogens with zero attached hydrogens (tertiary/aromatic N) is 1. The number of halogens is 2. The van der Waals surface area contributed by atoms with Gasteiger partial charge in [-0.2, -0.15) is 8.78 Å². The van der Waals surface area contributed by atoms with Crippen molar-refractivity contribution in [2.24, 2.45) is 0 Å². The number of hydrogen-bond acceptors (Lipinski definition) is 4. The number of benzene rings is 2. The summed E-state index contributed by atoms with van der Waals surface area (Å²) in [6, 6.07) is 16.0. The number of fused-ring (bicyclic) bond motifs is 1. The molecule has 29 heavy (non-hydrogen) atoms. The summed E-state index contributed by atoms with van der Waals surface area (Å²) in [5.74, 6) is -0.185. The third-order valence-electron chi connectivity index (χ3n) is 4.97. The highest BCUT2D eigenvalue weighted by molar-refractivity contribution is 7.10. The predicted molar refractivity (Wildman–Crippen MR) is 107 cm³/mol. The van der Waals surface area contributed by atoms with E-state index in [2.05, 4.69) is 10.8 Å². The van der Waals surface area contributed by atoms with Crippen LogP contribution in [0.5, 0.6) is 11.5 Å². The number of carbonyl (C=O) groups is 1. The van der Waals surface area contributed by atoms with Gasteiger partial charge in [0.05, 0.1) is 13.2 Å². The van der Waals surface area contributed by atoms with Crippen molar-refractivity contribution < 1.29 is 23.0 Å². The van der Waals surface area contributed by atoms with Gasteiger partial charge in [-0.15, -0.1) is 11.3 Å². The summed E-state index contributed by atoms with van der Waals surface area (Å²) in [5.41, 5.74) is 2.53. The second-order valence-electron chi connectivity index (χ2n) is 6.61. The Morgan fingerprint density at radius 2 is 1.93 bits per heavy atom. The van der Waals surface area contributed by atoms with Crippen LogP contribution in [0.1, 0.15) is 32.4 Å². The average Bonchev–Trinajstić information content (AvgIpc) is 3.22. The number of thiophene rings is 1. The molecular weight excluding hydrogens is 396 g/mol. The van der Waals surface area contributed by atoms with Gasteiger partial charge in [-0.1, -0.05) is 30.3 Å². The molecule has 0 radical (unpaired) electrons. The van der Waals surface area contributed by atoms with Gasteiger partial charge >= 0.3 is 6.61 Å². The Morgan fingerprint density at radius 3 is 2.66 bits per heavy atom. The summed E-state index contributed by atoms with van der Waals surface area (Å²) < 4.78 is 34.8. The molecule has 1 aliphatic rings. The molecule has 4 rings (SSSR count). The molecule has 1 aromatic heterocycles. The molecule has 0 bridgehead atoms. The number of amides is 1. The van der Waals surface area contributed by atoms with Gasteiger partial charge in [-0.05, 0) is 47.2 Å². The van der Waals surface area contributed by atoms with Crippen LogP contribution in [0.15, 0.2) is 60.0 Å². The Labute approximate surface area is 171 Å². The van der Waals surface area contributed by atoms with Crippen LogP contribution in [-0.4, -0.2) is 31.1 Å². The van der Waals surface area contributed by atoms with Crippen LogP contribution in [0.3, 0.4) is 0 Å². The van der Waals surface area contributed by atoms with E-state index in [9.17, 15) is 13.6 Å². The lowest BCUT2D eigenvalue weighted by molar-refractivity contribution is -0.0512. The topological polar surface area (TPSA) is 38.8 Å². The molecule has 4 nitrogen and oxygen atoms in total. The third kappa shape index (κ3) is 3.82. The van der Waals surface area contributed by atoms with Gasteiger partial charge in [0.1, 0.15) is 0 Å². The van der Waals surface area contributed by atoms with Crippen molar-refractivity contribution in [1.29, 1.82) is 0 Å². The van der Waals surface area contributed by atoms with Crippen molar-refractivity contribution in [3.05, 3.63) is 81.5 Å². The van der Waals surface area contributed by atoms with Gasteiger partial charge in [0.2, 0.25) is 0 Å². The van der Waals surface area contributed by atoms with Gasteiger partial charge in [-0.3, -0.25) is 4.79 Å². The van der Waals surface area contributed by atoms with Crippen LogP contribution in [0.25, 0.3) is 0 Å². The van der Waals surface area contributed by atoms with E-state index in [1.807, 2.05) is 40.6 Å². The second kappa shape index (κ2) is 8.21. The molecule has 2 heterocycles. The lowest BCUT2D eigenvalue weighted by Gasteiger charge is -2.36. The number of methoxy groups -OCH3 is 1. The summed E-state index contributed by atoms with van der Waals surface area (Å²) in [6.45, 7) is -2.39. The van der Waals surface area contributed by atoms with Gasteiger partial charge in [0.15, 0.2) is 11.5 Å². The third-order valence-corrected chi connectivity index (χ3v) is 5.97. The van der Waals surface area contributed by atoms with Gasteiger partial charge in [0.25, 0.3) is 5.91 Å². The Morgan fingerprint density at radius 1 is 1.14 bits per heavy atom. The molecule has 3 aromatic rings. The highest BCUT2D eigenvalue weighted by Gasteiger charge is 2.33. The molecule has 0 aliphatic carbocycles. The number of ether oxygens (including phenoxy) is 2. The molecule has 0 spiro atoms. The monoisotopic (exact) mass is 415 g/mol. The molecule has 0 saturated carbocycles. The Kier molecular flexibility index (Phi) is 5.49. The first-order valence-corrected chi connectivity index (χ1v) is 10.0. The van der Waals surface area contributed by atoms with Crippen LogP contribution in [-0.2, 0) is 6.42 Å². The van der Waals surface area contributed by atoms with E-state index in [0.29, 0.717) is 12.1 Å². The zero-order valence-electron chi connectivity index (χ0n) is 15.7. The van der Waals surface area contributed by atoms with E-state index in [-0.39, 0.29) is 23.4 Å². The number of hydrogen-bond donors (Lipinski definition) is 0. The lowest BCUT2D eigenvalue weighted by atomic mass is 9.92. The Hall–Kier alpha value is -2.93. The van der Waals surface area contributed by atoms with Crippen molar-refractivity contribution in [2.45, 2.75) is 19.1 Å². The molecule has 7 heteroatoms. The molecule has 1 atom stereocenters. The van der Waals surface area contributed by atoms with E-state index in [1.165, 1.54) is 30.2 Å². The maximum Gasteiger partial charge on any atom is 0.387 e. The maximum atomic E-state index is 13.4. The minimum absolute atomic E-state index is 0.0978. The molecule has 0 fully saturated rings. The minimum atomic E-state index is -2.97. The van der Waals surface area contributed by atoms with Crippen LogP contribution < -0.4 is 9.47 Å². The average molecular weight is 415 g/mol. The number of rotatable bonds is 5. The van der Waals surface area contributed by atoms with Crippen LogP contribution in [0.2, 0.25) is 0 Å². The summed E-state index contributed by atoms with van der Waals surface area (Å²) in [6.07, 6.45) is 0.784. The van der Waals surface area contributed by atoms with E-state index in [1.54, 1.807) is 11.3 Å². The molecule has 1 aliphatic heterocycles. The van der Waals surface area contributed by atoms with Crippen LogP contribution in [0.4, 0.5) is 8.78 Å². The highest BCUT2D eigenvalue weighted by atomic mass is 32.1. The van der Waals surface area contributed by atoms with Crippen molar-refractivity contribution in [3.63, 3.8) is 0 Å². The molecule has 0 saturated heterocycles. The van der Waals surface area contributed by atoms with Crippen molar-refractivity contribution >= 4 is 17.2 Å². The van der Waals surface area contributed by atoms with Crippen LogP contribution in [0, 0.1) is 0 Å². The van der Waals surface area contributed by atoms with Crippen molar-refractivity contribution in [1.82, 2.24) is 4.90 Å². The summed E-state index contributed by atoms with van der Waals surface area (Å²) in [7, 11) is 1.35. The Bertz CT molecular complexity index is 1010. The molecule has 1 amide bonds. The first kappa shape index (κ1) is 19.4. The number of alkyl halides is 2. The molecule has 0 N–H and O–H groups in total. The highest BCUT2D eigenvalue weighted by Crippen LogP contribution is 2.39. The Balaban J connectivity index is 1.70. The summed E-state index contributed by atoms with van der Waals surface area (Å²) in [5, 5.41) is 2.05. The summed E-state index contributed by atoms with van der Waals surface area (Å²) in [4.78, 5) is 16.5. The van der Waals surface area contributed by atoms with Crippen molar-refractivity contribution in [2.75, 3.05) is 13.7 Å². The normalized spacial score (nSPS) is 15.9. The summed E-state index contributed by atoms with van der Waals surface area (Å²) >= 11 is 1.70. The predicted octanol–water partition coefficient (Wildman–Crippen LogP) is 5.15. The quantitative estimate of drug-likeness (QED) is 0.579. The van der Waals surface area contributed by atoms with Gasteiger partial charge in [0, 0.05) is 17.0 Å².